The molecule has 0 radical (unpaired) electrons. The molecular formula is C22H20FN5O. The average molecular weight is 389 g/mol. The van der Waals surface area contributed by atoms with Gasteiger partial charge in [-0.1, -0.05) is 42.5 Å². The number of nitrogens with zero attached hydrogens (tertiary/aromatic N) is 4. The lowest BCUT2D eigenvalue weighted by molar-refractivity contribution is -0.122. The molecule has 2 aromatic carbocycles. The number of aromatic nitrogens is 4. The van der Waals surface area contributed by atoms with Crippen LogP contribution in [0.4, 0.5) is 4.39 Å². The second kappa shape index (κ2) is 7.79. The number of halogens is 1. The van der Waals surface area contributed by atoms with Gasteiger partial charge in [0.1, 0.15) is 12.1 Å². The van der Waals surface area contributed by atoms with Crippen LogP contribution >= 0.6 is 0 Å². The first-order valence-electron chi connectivity index (χ1n) is 9.35. The lowest BCUT2D eigenvalue weighted by atomic mass is 10.0. The van der Waals surface area contributed by atoms with Gasteiger partial charge in [0.05, 0.1) is 17.7 Å². The number of benzene rings is 2. The third kappa shape index (κ3) is 3.85. The zero-order valence-corrected chi connectivity index (χ0v) is 16.1. The van der Waals surface area contributed by atoms with Crippen LogP contribution in [-0.2, 0) is 4.79 Å². The van der Waals surface area contributed by atoms with Gasteiger partial charge < -0.3 is 5.32 Å². The summed E-state index contributed by atoms with van der Waals surface area (Å²) in [6.45, 7) is 3.69. The molecule has 0 unspecified atom stereocenters. The molecule has 6 nitrogen and oxygen atoms in total. The molecule has 4 aromatic rings. The molecule has 29 heavy (non-hydrogen) atoms. The molecule has 0 saturated carbocycles. The minimum Gasteiger partial charge on any atom is -0.346 e. The van der Waals surface area contributed by atoms with Crippen LogP contribution in [0.25, 0.3) is 16.9 Å². The summed E-state index contributed by atoms with van der Waals surface area (Å²) in [4.78, 5) is 21.4. The van der Waals surface area contributed by atoms with Crippen LogP contribution in [0.15, 0.2) is 67.0 Å². The summed E-state index contributed by atoms with van der Waals surface area (Å²) in [7, 11) is 0. The number of fused-ring (bicyclic) bond motifs is 1. The summed E-state index contributed by atoms with van der Waals surface area (Å²) in [6.07, 6.45) is 1.49. The van der Waals surface area contributed by atoms with E-state index in [0.717, 1.165) is 5.56 Å². The van der Waals surface area contributed by atoms with Gasteiger partial charge in [0.15, 0.2) is 11.5 Å². The van der Waals surface area contributed by atoms with Gasteiger partial charge in [-0.25, -0.2) is 18.9 Å². The van der Waals surface area contributed by atoms with E-state index in [1.807, 2.05) is 44.2 Å². The number of rotatable bonds is 5. The maximum absolute atomic E-state index is 14.0. The molecule has 0 saturated heterocycles. The van der Waals surface area contributed by atoms with E-state index in [4.69, 9.17) is 0 Å². The number of carbonyl (C=O) groups excluding carboxylic acids is 1. The predicted molar refractivity (Wildman–Crippen MR) is 108 cm³/mol. The van der Waals surface area contributed by atoms with Crippen LogP contribution in [0.5, 0.6) is 0 Å². The van der Waals surface area contributed by atoms with Crippen molar-refractivity contribution in [2.45, 2.75) is 25.8 Å². The number of nitrogens with one attached hydrogen (secondary N) is 1. The topological polar surface area (TPSA) is 72.2 Å². The third-order valence-corrected chi connectivity index (χ3v) is 4.83. The summed E-state index contributed by atoms with van der Waals surface area (Å²) in [5, 5.41) is 7.34. The fraction of sp³-hybridized carbons (Fsp3) is 0.182. The zero-order chi connectivity index (χ0) is 20.4. The highest BCUT2D eigenvalue weighted by Crippen LogP contribution is 2.22. The highest BCUT2D eigenvalue weighted by molar-refractivity contribution is 5.83. The van der Waals surface area contributed by atoms with E-state index in [0.29, 0.717) is 22.7 Å². The highest BCUT2D eigenvalue weighted by Gasteiger charge is 2.20. The largest absolute Gasteiger partial charge is 0.346 e. The van der Waals surface area contributed by atoms with Crippen LogP contribution in [-0.4, -0.2) is 25.5 Å². The maximum atomic E-state index is 14.0. The Morgan fingerprint density at radius 3 is 2.55 bits per heavy atom. The Labute approximate surface area is 167 Å². The normalized spacial score (nSPS) is 13.2. The van der Waals surface area contributed by atoms with Crippen LogP contribution in [0.2, 0.25) is 0 Å². The van der Waals surface area contributed by atoms with E-state index in [-0.39, 0.29) is 23.7 Å². The van der Waals surface area contributed by atoms with Gasteiger partial charge in [-0.15, -0.1) is 5.10 Å². The molecule has 2 aromatic heterocycles. The van der Waals surface area contributed by atoms with Crippen molar-refractivity contribution in [2.24, 2.45) is 0 Å². The van der Waals surface area contributed by atoms with Crippen molar-refractivity contribution in [1.82, 2.24) is 24.9 Å². The van der Waals surface area contributed by atoms with E-state index in [9.17, 15) is 9.18 Å². The molecule has 146 valence electrons. The smallest absolute Gasteiger partial charge is 0.227 e. The van der Waals surface area contributed by atoms with Gasteiger partial charge in [0, 0.05) is 11.6 Å². The number of hydrogen-bond donors (Lipinski definition) is 1. The van der Waals surface area contributed by atoms with Gasteiger partial charge in [-0.05, 0) is 31.5 Å². The molecule has 2 heterocycles. The van der Waals surface area contributed by atoms with Gasteiger partial charge in [0.25, 0.3) is 0 Å². The van der Waals surface area contributed by atoms with Crippen LogP contribution < -0.4 is 5.32 Å². The van der Waals surface area contributed by atoms with E-state index in [1.54, 1.807) is 24.3 Å². The fourth-order valence-electron chi connectivity index (χ4n) is 3.11. The van der Waals surface area contributed by atoms with Gasteiger partial charge in [-0.2, -0.15) is 0 Å². The zero-order valence-electron chi connectivity index (χ0n) is 16.1. The van der Waals surface area contributed by atoms with Crippen molar-refractivity contribution in [3.05, 3.63) is 84.2 Å². The standard InChI is InChI=1S/C22H20FN5O/c1-14(16-8-4-3-5-9-16)22(29)25-15(2)21-26-20-12-19(24-13-28(20)27-21)17-10-6-7-11-18(17)23/h3-15H,1-2H3,(H,25,29)/t14-,15-/m0/s1. The van der Waals surface area contributed by atoms with Crippen molar-refractivity contribution < 1.29 is 9.18 Å². The first kappa shape index (κ1) is 18.7. The Balaban J connectivity index is 1.55. The summed E-state index contributed by atoms with van der Waals surface area (Å²) < 4.78 is 15.6. The SMILES string of the molecule is C[C@H](NC(=O)[C@@H](C)c1ccccc1)c1nc2cc(-c3ccccc3F)ncn2n1. The molecule has 1 amide bonds. The monoisotopic (exact) mass is 389 g/mol. The second-order valence-corrected chi connectivity index (χ2v) is 6.89. The van der Waals surface area contributed by atoms with Crippen LogP contribution in [0.3, 0.4) is 0 Å². The molecule has 0 aliphatic carbocycles. The van der Waals surface area contributed by atoms with Gasteiger partial charge >= 0.3 is 0 Å². The second-order valence-electron chi connectivity index (χ2n) is 6.89. The highest BCUT2D eigenvalue weighted by atomic mass is 19.1. The lowest BCUT2D eigenvalue weighted by Crippen LogP contribution is -2.31. The minimum atomic E-state index is -0.384. The molecule has 0 fully saturated rings. The van der Waals surface area contributed by atoms with Crippen molar-refractivity contribution in [2.75, 3.05) is 0 Å². The first-order chi connectivity index (χ1) is 14.0. The van der Waals surface area contributed by atoms with E-state index >= 15 is 0 Å². The van der Waals surface area contributed by atoms with Crippen molar-refractivity contribution in [3.63, 3.8) is 0 Å². The molecule has 0 bridgehead atoms. The molecule has 2 atom stereocenters. The number of hydrogen-bond acceptors (Lipinski definition) is 4. The maximum Gasteiger partial charge on any atom is 0.227 e. The fourth-order valence-corrected chi connectivity index (χ4v) is 3.11. The Kier molecular flexibility index (Phi) is 5.03. The van der Waals surface area contributed by atoms with E-state index in [2.05, 4.69) is 20.4 Å². The average Bonchev–Trinajstić information content (AvgIpc) is 3.17. The molecule has 1 N–H and O–H groups in total. The van der Waals surface area contributed by atoms with Gasteiger partial charge in [-0.3, -0.25) is 4.79 Å². The van der Waals surface area contributed by atoms with Crippen molar-refractivity contribution >= 4 is 11.6 Å². The summed E-state index contributed by atoms with van der Waals surface area (Å²) in [6, 6.07) is 17.3. The molecule has 7 heteroatoms. The summed E-state index contributed by atoms with van der Waals surface area (Å²) in [5.41, 5.74) is 2.35. The third-order valence-electron chi connectivity index (χ3n) is 4.83. The predicted octanol–water partition coefficient (Wildman–Crippen LogP) is 3.91. The quantitative estimate of drug-likeness (QED) is 0.562. The van der Waals surface area contributed by atoms with E-state index < -0.39 is 0 Å². The van der Waals surface area contributed by atoms with Crippen LogP contribution in [0, 0.1) is 5.82 Å². The molecule has 4 rings (SSSR count). The van der Waals surface area contributed by atoms with Crippen LogP contribution in [0.1, 0.15) is 37.2 Å². The Bertz CT molecular complexity index is 1160. The summed E-state index contributed by atoms with van der Waals surface area (Å²) in [5.74, 6) is -0.275. The molecule has 0 aliphatic heterocycles. The van der Waals surface area contributed by atoms with Crippen molar-refractivity contribution in [3.8, 4) is 11.3 Å². The van der Waals surface area contributed by atoms with Crippen molar-refractivity contribution in [1.29, 1.82) is 0 Å². The van der Waals surface area contributed by atoms with E-state index in [1.165, 1.54) is 16.9 Å². The number of amides is 1. The summed E-state index contributed by atoms with van der Waals surface area (Å²) >= 11 is 0. The van der Waals surface area contributed by atoms with Gasteiger partial charge in [0.2, 0.25) is 5.91 Å². The Morgan fingerprint density at radius 1 is 1.07 bits per heavy atom. The molecule has 0 aliphatic rings. The number of carbonyl (C=O) groups is 1. The first-order valence-corrected chi connectivity index (χ1v) is 9.35. The lowest BCUT2D eigenvalue weighted by Gasteiger charge is -2.15. The molecule has 0 spiro atoms. The Hall–Kier alpha value is -3.61. The molecular weight excluding hydrogens is 369 g/mol. The Morgan fingerprint density at radius 2 is 1.79 bits per heavy atom. The minimum absolute atomic E-state index is 0.104.